The summed E-state index contributed by atoms with van der Waals surface area (Å²) in [5.41, 5.74) is 6.11. The molecule has 1 aliphatic heterocycles. The van der Waals surface area contributed by atoms with E-state index in [1.54, 1.807) is 6.92 Å². The van der Waals surface area contributed by atoms with Gasteiger partial charge in [-0.3, -0.25) is 9.69 Å². The Morgan fingerprint density at radius 1 is 1.25 bits per heavy atom. The molecule has 0 aromatic heterocycles. The summed E-state index contributed by atoms with van der Waals surface area (Å²) in [6.45, 7) is 5.50. The van der Waals surface area contributed by atoms with Gasteiger partial charge in [0.05, 0.1) is 6.61 Å². The molecule has 1 saturated heterocycles. The van der Waals surface area contributed by atoms with Gasteiger partial charge in [-0.05, 0) is 12.5 Å². The molecule has 1 aliphatic rings. The van der Waals surface area contributed by atoms with Gasteiger partial charge in [-0.25, -0.2) is 0 Å². The van der Waals surface area contributed by atoms with Crippen molar-refractivity contribution >= 4 is 5.91 Å². The van der Waals surface area contributed by atoms with Crippen molar-refractivity contribution in [2.45, 2.75) is 12.5 Å². The molecule has 1 amide bonds. The summed E-state index contributed by atoms with van der Waals surface area (Å²) in [5, 5.41) is 8.93. The highest BCUT2D eigenvalue weighted by molar-refractivity contribution is 5.87. The molecule has 0 spiro atoms. The topological polar surface area (TPSA) is 69.8 Å². The molecule has 1 aromatic carbocycles. The average Bonchev–Trinajstić information content (AvgIpc) is 2.48. The number of nitrogens with zero attached hydrogens (tertiary/aromatic N) is 2. The maximum Gasteiger partial charge on any atom is 0.247 e. The van der Waals surface area contributed by atoms with Crippen LogP contribution in [0.3, 0.4) is 0 Å². The number of benzene rings is 1. The summed E-state index contributed by atoms with van der Waals surface area (Å²) in [6, 6.07) is 9.48. The maximum atomic E-state index is 12.6. The van der Waals surface area contributed by atoms with E-state index in [-0.39, 0.29) is 12.5 Å². The van der Waals surface area contributed by atoms with Crippen molar-refractivity contribution in [2.24, 2.45) is 5.73 Å². The minimum atomic E-state index is -0.986. The smallest absolute Gasteiger partial charge is 0.247 e. The van der Waals surface area contributed by atoms with E-state index in [9.17, 15) is 4.79 Å². The van der Waals surface area contributed by atoms with Crippen molar-refractivity contribution in [3.63, 3.8) is 0 Å². The van der Waals surface area contributed by atoms with Gasteiger partial charge in [-0.15, -0.1) is 0 Å². The summed E-state index contributed by atoms with van der Waals surface area (Å²) in [7, 11) is 0. The number of carbonyl (C=O) groups is 1. The van der Waals surface area contributed by atoms with Crippen LogP contribution < -0.4 is 5.73 Å². The van der Waals surface area contributed by atoms with E-state index in [0.29, 0.717) is 19.6 Å². The van der Waals surface area contributed by atoms with E-state index in [2.05, 4.69) is 4.90 Å². The van der Waals surface area contributed by atoms with Gasteiger partial charge in [0.25, 0.3) is 0 Å². The third-order valence-electron chi connectivity index (χ3n) is 3.89. The van der Waals surface area contributed by atoms with Gasteiger partial charge in [0.2, 0.25) is 5.91 Å². The van der Waals surface area contributed by atoms with Crippen LogP contribution in [-0.2, 0) is 10.3 Å². The third-order valence-corrected chi connectivity index (χ3v) is 3.89. The van der Waals surface area contributed by atoms with E-state index in [1.807, 2.05) is 35.2 Å². The fraction of sp³-hybridized carbons (Fsp3) is 0.533. The van der Waals surface area contributed by atoms with Crippen LogP contribution in [0.5, 0.6) is 0 Å². The van der Waals surface area contributed by atoms with Crippen molar-refractivity contribution in [3.05, 3.63) is 35.9 Å². The van der Waals surface area contributed by atoms with E-state index in [4.69, 9.17) is 10.8 Å². The number of β-amino-alcohol motifs (C(OH)–C–C–N with tert-alkyl or cyclic N) is 1. The molecule has 1 fully saturated rings. The zero-order valence-corrected chi connectivity index (χ0v) is 12.0. The lowest BCUT2D eigenvalue weighted by Gasteiger charge is -2.38. The molecule has 1 heterocycles. The average molecular weight is 277 g/mol. The highest BCUT2D eigenvalue weighted by atomic mass is 16.3. The van der Waals surface area contributed by atoms with E-state index >= 15 is 0 Å². The van der Waals surface area contributed by atoms with Gasteiger partial charge in [-0.1, -0.05) is 30.3 Å². The highest BCUT2D eigenvalue weighted by Crippen LogP contribution is 2.21. The van der Waals surface area contributed by atoms with Crippen LogP contribution >= 0.6 is 0 Å². The molecule has 2 rings (SSSR count). The second-order valence-corrected chi connectivity index (χ2v) is 5.43. The van der Waals surface area contributed by atoms with Crippen molar-refractivity contribution in [2.75, 3.05) is 39.3 Å². The lowest BCUT2D eigenvalue weighted by atomic mass is 9.91. The summed E-state index contributed by atoms with van der Waals surface area (Å²) in [4.78, 5) is 16.6. The Kier molecular flexibility index (Phi) is 4.75. The number of aliphatic hydroxyl groups is 1. The second-order valence-electron chi connectivity index (χ2n) is 5.43. The van der Waals surface area contributed by atoms with Crippen molar-refractivity contribution in [1.82, 2.24) is 9.80 Å². The monoisotopic (exact) mass is 277 g/mol. The minimum Gasteiger partial charge on any atom is -0.395 e. The SMILES string of the molecule is CC(N)(C(=O)N1CCN(CCO)CC1)c1ccccc1. The predicted octanol–water partition coefficient (Wildman–Crippen LogP) is -0.00300. The quantitative estimate of drug-likeness (QED) is 0.812. The zero-order chi connectivity index (χ0) is 14.6. The van der Waals surface area contributed by atoms with Crippen LogP contribution in [0, 0.1) is 0 Å². The molecule has 1 unspecified atom stereocenters. The van der Waals surface area contributed by atoms with E-state index < -0.39 is 5.54 Å². The van der Waals surface area contributed by atoms with Crippen LogP contribution in [-0.4, -0.2) is 60.1 Å². The van der Waals surface area contributed by atoms with Gasteiger partial charge in [0.15, 0.2) is 0 Å². The Bertz CT molecular complexity index is 440. The first-order valence-corrected chi connectivity index (χ1v) is 7.02. The molecule has 110 valence electrons. The molecule has 1 atom stereocenters. The summed E-state index contributed by atoms with van der Waals surface area (Å²) < 4.78 is 0. The fourth-order valence-electron chi connectivity index (χ4n) is 2.55. The Morgan fingerprint density at radius 3 is 2.40 bits per heavy atom. The first kappa shape index (κ1) is 15.0. The number of hydrogen-bond donors (Lipinski definition) is 2. The van der Waals surface area contributed by atoms with E-state index in [1.165, 1.54) is 0 Å². The highest BCUT2D eigenvalue weighted by Gasteiger charge is 2.35. The minimum absolute atomic E-state index is 0.0349. The van der Waals surface area contributed by atoms with Crippen LogP contribution in [0.25, 0.3) is 0 Å². The number of hydrogen-bond acceptors (Lipinski definition) is 4. The number of aliphatic hydroxyl groups excluding tert-OH is 1. The number of nitrogens with two attached hydrogens (primary N) is 1. The molecular formula is C15H23N3O2. The second kappa shape index (κ2) is 6.35. The molecular weight excluding hydrogens is 254 g/mol. The molecule has 5 heteroatoms. The molecule has 0 saturated carbocycles. The van der Waals surface area contributed by atoms with Crippen LogP contribution in [0.15, 0.2) is 30.3 Å². The van der Waals surface area contributed by atoms with Gasteiger partial charge in [0, 0.05) is 32.7 Å². The number of rotatable bonds is 4. The zero-order valence-electron chi connectivity index (χ0n) is 12.0. The van der Waals surface area contributed by atoms with Gasteiger partial charge >= 0.3 is 0 Å². The Morgan fingerprint density at radius 2 is 1.85 bits per heavy atom. The lowest BCUT2D eigenvalue weighted by Crippen LogP contribution is -2.56. The number of amides is 1. The molecule has 3 N–H and O–H groups in total. The summed E-state index contributed by atoms with van der Waals surface area (Å²) in [5.74, 6) is -0.0349. The Labute approximate surface area is 120 Å². The van der Waals surface area contributed by atoms with Gasteiger partial charge in [-0.2, -0.15) is 0 Å². The number of piperazine rings is 1. The van der Waals surface area contributed by atoms with Crippen LogP contribution in [0.2, 0.25) is 0 Å². The molecule has 20 heavy (non-hydrogen) atoms. The molecule has 0 radical (unpaired) electrons. The lowest BCUT2D eigenvalue weighted by molar-refractivity contribution is -0.138. The van der Waals surface area contributed by atoms with Crippen molar-refractivity contribution in [1.29, 1.82) is 0 Å². The first-order chi connectivity index (χ1) is 9.55. The summed E-state index contributed by atoms with van der Waals surface area (Å²) in [6.07, 6.45) is 0. The van der Waals surface area contributed by atoms with E-state index in [0.717, 1.165) is 18.7 Å². The number of carbonyl (C=O) groups excluding carboxylic acids is 1. The molecule has 1 aromatic rings. The van der Waals surface area contributed by atoms with Crippen molar-refractivity contribution < 1.29 is 9.90 Å². The first-order valence-electron chi connectivity index (χ1n) is 7.02. The molecule has 5 nitrogen and oxygen atoms in total. The molecule has 0 bridgehead atoms. The Balaban J connectivity index is 2.01. The maximum absolute atomic E-state index is 12.6. The standard InChI is InChI=1S/C15H23N3O2/c1-15(16,13-5-3-2-4-6-13)14(20)18-9-7-17(8-10-18)11-12-19/h2-6,19H,7-12,16H2,1H3. The molecule has 0 aliphatic carbocycles. The fourth-order valence-corrected chi connectivity index (χ4v) is 2.55. The normalized spacial score (nSPS) is 19.6. The van der Waals surface area contributed by atoms with Crippen LogP contribution in [0.1, 0.15) is 12.5 Å². The van der Waals surface area contributed by atoms with Crippen LogP contribution in [0.4, 0.5) is 0 Å². The van der Waals surface area contributed by atoms with Gasteiger partial charge < -0.3 is 15.7 Å². The van der Waals surface area contributed by atoms with Crippen molar-refractivity contribution in [3.8, 4) is 0 Å². The predicted molar refractivity (Wildman–Crippen MR) is 78.1 cm³/mol. The third kappa shape index (κ3) is 3.17. The summed E-state index contributed by atoms with van der Waals surface area (Å²) >= 11 is 0. The largest absolute Gasteiger partial charge is 0.395 e. The van der Waals surface area contributed by atoms with Gasteiger partial charge in [0.1, 0.15) is 5.54 Å². The Hall–Kier alpha value is -1.43.